The highest BCUT2D eigenvalue weighted by Crippen LogP contribution is 2.20. The van der Waals surface area contributed by atoms with E-state index in [0.29, 0.717) is 23.8 Å². The number of aromatic nitrogens is 4. The molecule has 26 heavy (non-hydrogen) atoms. The number of rotatable bonds is 6. The Morgan fingerprint density at radius 1 is 1.15 bits per heavy atom. The maximum Gasteiger partial charge on any atom is 0.266 e. The van der Waals surface area contributed by atoms with Gasteiger partial charge in [0.05, 0.1) is 18.4 Å². The third-order valence-electron chi connectivity index (χ3n) is 4.11. The SMILES string of the molecule is CCn1ncc(S(=O)(=O)Nc2cc(C)n(Cc3ccc(Cl)cc3)n2)c1C. The zero-order valence-corrected chi connectivity index (χ0v) is 16.3. The molecule has 0 spiro atoms. The summed E-state index contributed by atoms with van der Waals surface area (Å²) in [7, 11) is -3.74. The molecule has 9 heteroatoms. The Morgan fingerprint density at radius 2 is 1.85 bits per heavy atom. The zero-order valence-electron chi connectivity index (χ0n) is 14.8. The normalized spacial score (nSPS) is 11.7. The molecular formula is C17H20ClN5O2S. The van der Waals surface area contributed by atoms with Crippen molar-refractivity contribution in [2.45, 2.75) is 38.8 Å². The molecule has 0 aliphatic rings. The van der Waals surface area contributed by atoms with E-state index in [1.807, 2.05) is 38.1 Å². The Hall–Kier alpha value is -2.32. The predicted molar refractivity (Wildman–Crippen MR) is 101 cm³/mol. The number of aryl methyl sites for hydroxylation is 2. The van der Waals surface area contributed by atoms with Gasteiger partial charge in [-0.2, -0.15) is 10.2 Å². The average Bonchev–Trinajstić information content (AvgIpc) is 3.12. The van der Waals surface area contributed by atoms with Gasteiger partial charge in [0, 0.05) is 23.3 Å². The minimum Gasteiger partial charge on any atom is -0.269 e. The van der Waals surface area contributed by atoms with Crippen molar-refractivity contribution in [2.75, 3.05) is 4.72 Å². The molecule has 138 valence electrons. The molecule has 0 atom stereocenters. The van der Waals surface area contributed by atoms with E-state index in [9.17, 15) is 8.42 Å². The Labute approximate surface area is 157 Å². The third kappa shape index (κ3) is 3.76. The summed E-state index contributed by atoms with van der Waals surface area (Å²) in [6, 6.07) is 9.15. The molecule has 0 fully saturated rings. The van der Waals surface area contributed by atoms with E-state index in [4.69, 9.17) is 11.6 Å². The second-order valence-corrected chi connectivity index (χ2v) is 8.06. The van der Waals surface area contributed by atoms with Gasteiger partial charge in [0.2, 0.25) is 0 Å². The van der Waals surface area contributed by atoms with Crippen LogP contribution in [0.15, 0.2) is 41.4 Å². The van der Waals surface area contributed by atoms with Gasteiger partial charge in [0.1, 0.15) is 4.90 Å². The van der Waals surface area contributed by atoms with E-state index in [-0.39, 0.29) is 10.7 Å². The summed E-state index contributed by atoms with van der Waals surface area (Å²) in [5.41, 5.74) is 2.46. The standard InChI is InChI=1S/C17H20ClN5O2S/c1-4-22-13(3)16(10-19-22)26(24,25)21-17-9-12(2)23(20-17)11-14-5-7-15(18)8-6-14/h5-10H,4,11H2,1-3H3,(H,20,21). The number of nitrogens with one attached hydrogen (secondary N) is 1. The molecule has 0 saturated carbocycles. The molecule has 7 nitrogen and oxygen atoms in total. The number of halogens is 1. The highest BCUT2D eigenvalue weighted by Gasteiger charge is 2.22. The quantitative estimate of drug-likeness (QED) is 0.697. The molecule has 0 amide bonds. The maximum absolute atomic E-state index is 12.6. The fourth-order valence-corrected chi connectivity index (χ4v) is 3.98. The maximum atomic E-state index is 12.6. The van der Waals surface area contributed by atoms with Crippen molar-refractivity contribution in [1.29, 1.82) is 0 Å². The monoisotopic (exact) mass is 393 g/mol. The van der Waals surface area contributed by atoms with E-state index in [2.05, 4.69) is 14.9 Å². The summed E-state index contributed by atoms with van der Waals surface area (Å²) in [5.74, 6) is 0.278. The van der Waals surface area contributed by atoms with Crippen LogP contribution in [0.1, 0.15) is 23.9 Å². The molecule has 0 unspecified atom stereocenters. The van der Waals surface area contributed by atoms with Crippen molar-refractivity contribution in [2.24, 2.45) is 0 Å². The van der Waals surface area contributed by atoms with Gasteiger partial charge >= 0.3 is 0 Å². The van der Waals surface area contributed by atoms with E-state index in [1.54, 1.807) is 22.4 Å². The van der Waals surface area contributed by atoms with Crippen LogP contribution in [0, 0.1) is 13.8 Å². The van der Waals surface area contributed by atoms with Crippen LogP contribution in [0.5, 0.6) is 0 Å². The lowest BCUT2D eigenvalue weighted by molar-refractivity contribution is 0.597. The summed E-state index contributed by atoms with van der Waals surface area (Å²) in [6.45, 7) is 6.65. The van der Waals surface area contributed by atoms with Crippen LogP contribution in [-0.2, 0) is 23.1 Å². The van der Waals surface area contributed by atoms with Crippen LogP contribution in [-0.4, -0.2) is 28.0 Å². The molecule has 2 heterocycles. The van der Waals surface area contributed by atoms with E-state index >= 15 is 0 Å². The first-order valence-electron chi connectivity index (χ1n) is 8.14. The average molecular weight is 394 g/mol. The van der Waals surface area contributed by atoms with Gasteiger partial charge in [-0.25, -0.2) is 8.42 Å². The summed E-state index contributed by atoms with van der Waals surface area (Å²) < 4.78 is 31.2. The number of nitrogens with zero attached hydrogens (tertiary/aromatic N) is 4. The lowest BCUT2D eigenvalue weighted by atomic mass is 10.2. The summed E-state index contributed by atoms with van der Waals surface area (Å²) in [5, 5.41) is 9.12. The largest absolute Gasteiger partial charge is 0.269 e. The number of benzene rings is 1. The van der Waals surface area contributed by atoms with Gasteiger partial charge in [-0.05, 0) is 38.5 Å². The van der Waals surface area contributed by atoms with Gasteiger partial charge in [0.25, 0.3) is 10.0 Å². The first-order valence-corrected chi connectivity index (χ1v) is 10.0. The number of sulfonamides is 1. The Bertz CT molecular complexity index is 1020. The topological polar surface area (TPSA) is 81.8 Å². The first-order chi connectivity index (χ1) is 12.3. The van der Waals surface area contributed by atoms with Crippen LogP contribution in [0.4, 0.5) is 5.82 Å². The van der Waals surface area contributed by atoms with Crippen LogP contribution < -0.4 is 4.72 Å². The van der Waals surface area contributed by atoms with Crippen LogP contribution in [0.25, 0.3) is 0 Å². The molecule has 1 aromatic carbocycles. The van der Waals surface area contributed by atoms with Gasteiger partial charge in [-0.3, -0.25) is 14.1 Å². The van der Waals surface area contributed by atoms with Crippen LogP contribution >= 0.6 is 11.6 Å². The fraction of sp³-hybridized carbons (Fsp3) is 0.294. The lowest BCUT2D eigenvalue weighted by Crippen LogP contribution is -2.15. The first kappa shape index (κ1) is 18.5. The van der Waals surface area contributed by atoms with Crippen LogP contribution in [0.2, 0.25) is 5.02 Å². The molecular weight excluding hydrogens is 374 g/mol. The van der Waals surface area contributed by atoms with Crippen molar-refractivity contribution in [3.05, 3.63) is 58.5 Å². The van der Waals surface area contributed by atoms with Gasteiger partial charge in [0.15, 0.2) is 5.82 Å². The van der Waals surface area contributed by atoms with E-state index < -0.39 is 10.0 Å². The zero-order chi connectivity index (χ0) is 18.9. The van der Waals surface area contributed by atoms with Crippen molar-refractivity contribution >= 4 is 27.4 Å². The van der Waals surface area contributed by atoms with E-state index in [0.717, 1.165) is 11.3 Å². The third-order valence-corrected chi connectivity index (χ3v) is 5.82. The molecule has 0 saturated heterocycles. The van der Waals surface area contributed by atoms with Gasteiger partial charge < -0.3 is 0 Å². The Kier molecular flexibility index (Phi) is 5.06. The van der Waals surface area contributed by atoms with Crippen molar-refractivity contribution in [1.82, 2.24) is 19.6 Å². The Balaban J connectivity index is 1.82. The molecule has 0 bridgehead atoms. The fourth-order valence-electron chi connectivity index (χ4n) is 2.69. The molecule has 2 aromatic heterocycles. The molecule has 0 radical (unpaired) electrons. The van der Waals surface area contributed by atoms with Crippen molar-refractivity contribution < 1.29 is 8.42 Å². The Morgan fingerprint density at radius 3 is 2.46 bits per heavy atom. The second-order valence-electron chi connectivity index (χ2n) is 5.97. The minimum absolute atomic E-state index is 0.157. The molecule has 0 aliphatic heterocycles. The highest BCUT2D eigenvalue weighted by molar-refractivity contribution is 7.92. The van der Waals surface area contributed by atoms with Crippen LogP contribution in [0.3, 0.4) is 0 Å². The highest BCUT2D eigenvalue weighted by atomic mass is 35.5. The number of anilines is 1. The molecule has 1 N–H and O–H groups in total. The minimum atomic E-state index is -3.74. The predicted octanol–water partition coefficient (Wildman–Crippen LogP) is 3.22. The van der Waals surface area contributed by atoms with E-state index in [1.165, 1.54) is 6.20 Å². The lowest BCUT2D eigenvalue weighted by Gasteiger charge is -2.06. The van der Waals surface area contributed by atoms with Crippen molar-refractivity contribution in [3.8, 4) is 0 Å². The van der Waals surface area contributed by atoms with Gasteiger partial charge in [-0.1, -0.05) is 23.7 Å². The summed E-state index contributed by atoms with van der Waals surface area (Å²) in [4.78, 5) is 0.157. The summed E-state index contributed by atoms with van der Waals surface area (Å²) >= 11 is 5.90. The summed E-state index contributed by atoms with van der Waals surface area (Å²) in [6.07, 6.45) is 1.36. The smallest absolute Gasteiger partial charge is 0.266 e. The van der Waals surface area contributed by atoms with Crippen molar-refractivity contribution in [3.63, 3.8) is 0 Å². The molecule has 3 rings (SSSR count). The second kappa shape index (κ2) is 7.13. The number of hydrogen-bond acceptors (Lipinski definition) is 4. The molecule has 3 aromatic rings. The van der Waals surface area contributed by atoms with Gasteiger partial charge in [-0.15, -0.1) is 0 Å². The molecule has 0 aliphatic carbocycles. The number of hydrogen-bond donors (Lipinski definition) is 1.